The number of para-hydroxylation sites is 1. The molecule has 226 valence electrons. The van der Waals surface area contributed by atoms with Crippen LogP contribution in [0.3, 0.4) is 0 Å². The number of hydrogen-bond donors (Lipinski definition) is 0. The van der Waals surface area contributed by atoms with Gasteiger partial charge in [0.15, 0.2) is 12.2 Å². The van der Waals surface area contributed by atoms with Crippen LogP contribution in [-0.2, 0) is 10.8 Å². The van der Waals surface area contributed by atoms with Crippen molar-refractivity contribution in [2.24, 2.45) is 0 Å². The first kappa shape index (κ1) is 27.5. The van der Waals surface area contributed by atoms with Gasteiger partial charge in [-0.15, -0.1) is 0 Å². The van der Waals surface area contributed by atoms with Crippen molar-refractivity contribution in [3.63, 3.8) is 0 Å². The van der Waals surface area contributed by atoms with Gasteiger partial charge in [-0.2, -0.15) is 4.57 Å². The Balaban J connectivity index is 1.31. The lowest BCUT2D eigenvalue weighted by Crippen LogP contribution is -2.55. The molecule has 3 nitrogen and oxygen atoms in total. The lowest BCUT2D eigenvalue weighted by molar-refractivity contribution is -0.724. The largest absolute Gasteiger partial charge is 0.293 e. The predicted molar refractivity (Wildman–Crippen MR) is 191 cm³/mol. The normalized spacial score (nSPS) is 17.2. The molecule has 0 aliphatic carbocycles. The molecule has 46 heavy (non-hydrogen) atoms. The number of benzene rings is 4. The van der Waals surface area contributed by atoms with E-state index in [0.29, 0.717) is 6.04 Å². The van der Waals surface area contributed by atoms with E-state index in [2.05, 4.69) is 147 Å². The minimum absolute atomic E-state index is 0.0962. The SMILES string of the molecule is CCC1[n+]2ccc3ccccc3c2-c2cc(-c3ccc4c(c3)c3cccc5c3n4-c3ncccc3C5(C)C)ccc2C1(CC)CC. The van der Waals surface area contributed by atoms with Crippen LogP contribution in [-0.4, -0.2) is 9.55 Å². The topological polar surface area (TPSA) is 21.7 Å². The van der Waals surface area contributed by atoms with Crippen LogP contribution in [0.15, 0.2) is 109 Å². The molecule has 0 saturated heterocycles. The van der Waals surface area contributed by atoms with Crippen LogP contribution in [0.4, 0.5) is 0 Å². The third kappa shape index (κ3) is 3.38. The number of hydrogen-bond acceptors (Lipinski definition) is 1. The number of nitrogens with zero attached hydrogens (tertiary/aromatic N) is 3. The summed E-state index contributed by atoms with van der Waals surface area (Å²) < 4.78 is 5.01. The summed E-state index contributed by atoms with van der Waals surface area (Å²) in [4.78, 5) is 4.94. The van der Waals surface area contributed by atoms with E-state index < -0.39 is 0 Å². The molecular weight excluding hydrogens is 558 g/mol. The Morgan fingerprint density at radius 1 is 0.717 bits per heavy atom. The molecule has 3 heteroatoms. The second-order valence-electron chi connectivity index (χ2n) is 14.0. The zero-order valence-electron chi connectivity index (χ0n) is 27.4. The third-order valence-corrected chi connectivity index (χ3v) is 11.8. The fourth-order valence-corrected chi connectivity index (χ4v) is 9.45. The van der Waals surface area contributed by atoms with Crippen molar-refractivity contribution in [3.05, 3.63) is 126 Å². The number of rotatable bonds is 4. The van der Waals surface area contributed by atoms with Crippen LogP contribution < -0.4 is 4.57 Å². The van der Waals surface area contributed by atoms with Gasteiger partial charge in [0.05, 0.1) is 27.4 Å². The van der Waals surface area contributed by atoms with Crippen LogP contribution in [0.2, 0.25) is 0 Å². The van der Waals surface area contributed by atoms with Crippen molar-refractivity contribution >= 4 is 32.6 Å². The monoisotopic (exact) mass is 598 g/mol. The Hall–Kier alpha value is -4.76. The molecule has 0 radical (unpaired) electrons. The van der Waals surface area contributed by atoms with Gasteiger partial charge in [-0.05, 0) is 70.8 Å². The summed E-state index contributed by atoms with van der Waals surface area (Å²) in [6.45, 7) is 11.8. The van der Waals surface area contributed by atoms with Crippen LogP contribution in [0.5, 0.6) is 0 Å². The standard InChI is InChI=1S/C43H40N3/c1-6-38-43(7-2,8-3)34-20-18-28(26-33(34)39-30-14-10-9-13-27(30)22-24-45(38)39)29-19-21-37-32(25-29)31-15-11-16-35-40(31)46(37)41-36(42(35,4)5)17-12-23-44-41/h9-26,38H,6-8H2,1-5H3/q+1. The summed E-state index contributed by atoms with van der Waals surface area (Å²) in [7, 11) is 0. The van der Waals surface area contributed by atoms with Crippen molar-refractivity contribution < 1.29 is 4.57 Å². The second kappa shape index (κ2) is 9.62. The molecule has 0 spiro atoms. The molecule has 5 heterocycles. The van der Waals surface area contributed by atoms with Gasteiger partial charge in [0.1, 0.15) is 5.82 Å². The Morgan fingerprint density at radius 2 is 1.48 bits per heavy atom. The second-order valence-corrected chi connectivity index (χ2v) is 14.0. The Kier molecular flexibility index (Phi) is 5.76. The summed E-state index contributed by atoms with van der Waals surface area (Å²) in [5.41, 5.74) is 11.9. The average Bonchev–Trinajstić information content (AvgIpc) is 3.44. The molecule has 0 bridgehead atoms. The van der Waals surface area contributed by atoms with E-state index in [9.17, 15) is 0 Å². The summed E-state index contributed by atoms with van der Waals surface area (Å²) >= 11 is 0. The highest BCUT2D eigenvalue weighted by molar-refractivity contribution is 6.12. The fourth-order valence-electron chi connectivity index (χ4n) is 9.45. The quantitative estimate of drug-likeness (QED) is 0.185. The summed E-state index contributed by atoms with van der Waals surface area (Å²) in [5, 5.41) is 5.21. The smallest absolute Gasteiger partial charge is 0.220 e. The van der Waals surface area contributed by atoms with Crippen molar-refractivity contribution in [2.45, 2.75) is 70.8 Å². The first-order chi connectivity index (χ1) is 22.4. The van der Waals surface area contributed by atoms with Crippen molar-refractivity contribution in [2.75, 3.05) is 0 Å². The van der Waals surface area contributed by atoms with Crippen molar-refractivity contribution in [1.82, 2.24) is 9.55 Å². The van der Waals surface area contributed by atoms with Gasteiger partial charge >= 0.3 is 0 Å². The molecule has 3 aromatic heterocycles. The molecule has 0 amide bonds. The summed E-state index contributed by atoms with van der Waals surface area (Å²) in [6, 6.07) is 37.2. The van der Waals surface area contributed by atoms with Crippen molar-refractivity contribution in [3.8, 4) is 28.2 Å². The Labute approximate surface area is 271 Å². The number of aromatic nitrogens is 3. The van der Waals surface area contributed by atoms with Crippen molar-refractivity contribution in [1.29, 1.82) is 0 Å². The predicted octanol–water partition coefficient (Wildman–Crippen LogP) is 10.6. The van der Waals surface area contributed by atoms with E-state index in [1.165, 1.54) is 71.7 Å². The molecule has 4 aromatic carbocycles. The van der Waals surface area contributed by atoms with Crippen LogP contribution in [0.25, 0.3) is 60.8 Å². The van der Waals surface area contributed by atoms with Crippen LogP contribution in [0.1, 0.15) is 76.6 Å². The van der Waals surface area contributed by atoms with E-state index in [1.807, 2.05) is 6.20 Å². The van der Waals surface area contributed by atoms with E-state index >= 15 is 0 Å². The molecular formula is C43H40N3+. The maximum atomic E-state index is 4.94. The highest BCUT2D eigenvalue weighted by atomic mass is 15.1. The first-order valence-corrected chi connectivity index (χ1v) is 17.0. The molecule has 1 unspecified atom stereocenters. The number of pyridine rings is 2. The van der Waals surface area contributed by atoms with Crippen LogP contribution in [0, 0.1) is 0 Å². The van der Waals surface area contributed by atoms with Gasteiger partial charge in [-0.1, -0.05) is 95.3 Å². The molecule has 2 aliphatic rings. The molecule has 0 fully saturated rings. The number of fused-ring (bicyclic) bond motifs is 10. The van der Waals surface area contributed by atoms with E-state index in [0.717, 1.165) is 25.1 Å². The summed E-state index contributed by atoms with van der Waals surface area (Å²) in [5.74, 6) is 1.05. The third-order valence-electron chi connectivity index (χ3n) is 11.8. The van der Waals surface area contributed by atoms with Gasteiger partial charge in [0, 0.05) is 40.4 Å². The lowest BCUT2D eigenvalue weighted by Gasteiger charge is -2.41. The zero-order chi connectivity index (χ0) is 31.4. The molecule has 9 rings (SSSR count). The molecule has 2 aliphatic heterocycles. The minimum atomic E-state index is -0.121. The van der Waals surface area contributed by atoms with Crippen LogP contribution >= 0.6 is 0 Å². The van der Waals surface area contributed by atoms with E-state index in [-0.39, 0.29) is 10.8 Å². The summed E-state index contributed by atoms with van der Waals surface area (Å²) in [6.07, 6.45) is 7.63. The highest BCUT2D eigenvalue weighted by Crippen LogP contribution is 2.51. The van der Waals surface area contributed by atoms with Gasteiger partial charge in [-0.3, -0.25) is 4.57 Å². The minimum Gasteiger partial charge on any atom is -0.293 e. The zero-order valence-corrected chi connectivity index (χ0v) is 27.4. The average molecular weight is 599 g/mol. The maximum absolute atomic E-state index is 4.94. The van der Waals surface area contributed by atoms with Gasteiger partial charge in [0.2, 0.25) is 5.69 Å². The molecule has 7 aromatic rings. The molecule has 0 N–H and O–H groups in total. The molecule has 1 atom stereocenters. The lowest BCUT2D eigenvalue weighted by atomic mass is 9.64. The molecule has 0 saturated carbocycles. The Morgan fingerprint density at radius 3 is 2.30 bits per heavy atom. The fraction of sp³-hybridized carbons (Fsp3) is 0.256. The van der Waals surface area contributed by atoms with Gasteiger partial charge < -0.3 is 0 Å². The maximum Gasteiger partial charge on any atom is 0.220 e. The van der Waals surface area contributed by atoms with E-state index in [1.54, 1.807) is 0 Å². The Bertz CT molecular complexity index is 2370. The van der Waals surface area contributed by atoms with Gasteiger partial charge in [0.25, 0.3) is 0 Å². The highest BCUT2D eigenvalue weighted by Gasteiger charge is 2.49. The van der Waals surface area contributed by atoms with Gasteiger partial charge in [-0.25, -0.2) is 4.98 Å². The first-order valence-electron chi connectivity index (χ1n) is 17.0. The van der Waals surface area contributed by atoms with E-state index in [4.69, 9.17) is 4.98 Å².